The van der Waals surface area contributed by atoms with Crippen molar-refractivity contribution >= 4 is 35.0 Å². The summed E-state index contributed by atoms with van der Waals surface area (Å²) in [6.45, 7) is -1.89. The van der Waals surface area contributed by atoms with Crippen LogP contribution in [0.4, 0.5) is 8.78 Å². The Morgan fingerprint density at radius 2 is 2.03 bits per heavy atom. The minimum Gasteiger partial charge on any atom is -0.435 e. The van der Waals surface area contributed by atoms with Gasteiger partial charge in [-0.1, -0.05) is 23.7 Å². The summed E-state index contributed by atoms with van der Waals surface area (Å²) < 4.78 is 29.4. The number of benzene rings is 1. The van der Waals surface area contributed by atoms with E-state index in [0.717, 1.165) is 0 Å². The van der Waals surface area contributed by atoms with Gasteiger partial charge in [-0.2, -0.15) is 8.78 Å². The number of nitrogens with one attached hydrogen (secondary N) is 1. The molecule has 1 aromatic carbocycles. The number of carbonyl (C=O) groups excluding carboxylic acids is 2. The normalized spacial score (nSPS) is 14.5. The van der Waals surface area contributed by atoms with Gasteiger partial charge in [0.05, 0.1) is 47.4 Å². The zero-order chi connectivity index (χ0) is 26.0. The first-order valence-corrected chi connectivity index (χ1v) is 11.4. The summed E-state index contributed by atoms with van der Waals surface area (Å²) in [5.41, 5.74) is 1.89. The smallest absolute Gasteiger partial charge is 0.387 e. The molecule has 0 aliphatic carbocycles. The summed E-state index contributed by atoms with van der Waals surface area (Å²) in [4.78, 5) is 39.6. The molecule has 3 aromatic rings. The Morgan fingerprint density at radius 1 is 1.25 bits per heavy atom. The first kappa shape index (κ1) is 25.7. The molecule has 188 valence electrons. The lowest BCUT2D eigenvalue weighted by Gasteiger charge is -2.26. The standard InChI is InChI=1S/C23H19Cl2F2N5O4/c1-11(20(34)30-18(10-33)12-3-2-4-14(5-12)36-23(26)27)32-9-17-15(21(32)35)6-13(7-28-17)19-16(24)8-29-22(25)31-19/h2-8,11,18,23,33H,9-10H2,1H3,(H,30,34)/t11?,18-/m1/s1. The number of aromatic nitrogens is 3. The topological polar surface area (TPSA) is 118 Å². The van der Waals surface area contributed by atoms with Crippen molar-refractivity contribution in [3.05, 3.63) is 69.9 Å². The molecule has 4 rings (SSSR count). The third-order valence-corrected chi connectivity index (χ3v) is 6.06. The highest BCUT2D eigenvalue weighted by atomic mass is 35.5. The average molecular weight is 538 g/mol. The summed E-state index contributed by atoms with van der Waals surface area (Å²) in [7, 11) is 0. The number of pyridine rings is 1. The van der Waals surface area contributed by atoms with E-state index in [-0.39, 0.29) is 28.2 Å². The second-order valence-electron chi connectivity index (χ2n) is 7.86. The van der Waals surface area contributed by atoms with Crippen LogP contribution in [0.15, 0.2) is 42.7 Å². The summed E-state index contributed by atoms with van der Waals surface area (Å²) in [6, 6.07) is 5.38. The lowest BCUT2D eigenvalue weighted by Crippen LogP contribution is -2.46. The maximum absolute atomic E-state index is 13.1. The molecule has 2 amide bonds. The third-order valence-electron chi connectivity index (χ3n) is 5.60. The van der Waals surface area contributed by atoms with E-state index in [1.807, 2.05) is 0 Å². The number of carbonyl (C=O) groups is 2. The van der Waals surface area contributed by atoms with Crippen LogP contribution in [-0.4, -0.2) is 56.0 Å². The molecule has 1 unspecified atom stereocenters. The van der Waals surface area contributed by atoms with Crippen LogP contribution in [0, 0.1) is 0 Å². The number of aliphatic hydroxyl groups is 1. The van der Waals surface area contributed by atoms with Crippen LogP contribution < -0.4 is 10.1 Å². The van der Waals surface area contributed by atoms with Gasteiger partial charge in [0.15, 0.2) is 0 Å². The zero-order valence-corrected chi connectivity index (χ0v) is 20.2. The second kappa shape index (κ2) is 10.7. The van der Waals surface area contributed by atoms with Crippen molar-refractivity contribution in [2.75, 3.05) is 6.61 Å². The molecule has 36 heavy (non-hydrogen) atoms. The predicted octanol–water partition coefficient (Wildman–Crippen LogP) is 3.64. The van der Waals surface area contributed by atoms with E-state index in [9.17, 15) is 23.5 Å². The van der Waals surface area contributed by atoms with Crippen LogP contribution in [0.2, 0.25) is 10.3 Å². The number of nitrogens with zero attached hydrogens (tertiary/aromatic N) is 4. The van der Waals surface area contributed by atoms with E-state index >= 15 is 0 Å². The van der Waals surface area contributed by atoms with Gasteiger partial charge < -0.3 is 20.1 Å². The number of fused-ring (bicyclic) bond motifs is 1. The Labute approximate surface area is 214 Å². The molecule has 2 atom stereocenters. The number of hydrogen-bond acceptors (Lipinski definition) is 7. The molecule has 0 saturated heterocycles. The van der Waals surface area contributed by atoms with Gasteiger partial charge in [0.1, 0.15) is 11.8 Å². The van der Waals surface area contributed by atoms with Gasteiger partial charge in [-0.15, -0.1) is 0 Å². The van der Waals surface area contributed by atoms with Crippen molar-refractivity contribution in [1.29, 1.82) is 0 Å². The van der Waals surface area contributed by atoms with Crippen LogP contribution in [0.3, 0.4) is 0 Å². The van der Waals surface area contributed by atoms with Crippen molar-refractivity contribution in [3.8, 4) is 17.0 Å². The third kappa shape index (κ3) is 5.38. The van der Waals surface area contributed by atoms with Crippen molar-refractivity contribution in [1.82, 2.24) is 25.2 Å². The number of ether oxygens (including phenoxy) is 1. The van der Waals surface area contributed by atoms with Gasteiger partial charge in [0.25, 0.3) is 5.91 Å². The molecule has 0 radical (unpaired) electrons. The van der Waals surface area contributed by atoms with Crippen molar-refractivity contribution in [2.45, 2.75) is 32.2 Å². The lowest BCUT2D eigenvalue weighted by atomic mass is 10.1. The van der Waals surface area contributed by atoms with E-state index in [0.29, 0.717) is 22.5 Å². The summed E-state index contributed by atoms with van der Waals surface area (Å²) in [5, 5.41) is 12.7. The highest BCUT2D eigenvalue weighted by Crippen LogP contribution is 2.31. The zero-order valence-electron chi connectivity index (χ0n) is 18.7. The van der Waals surface area contributed by atoms with Gasteiger partial charge >= 0.3 is 6.61 Å². The maximum Gasteiger partial charge on any atom is 0.387 e. The van der Waals surface area contributed by atoms with Crippen molar-refractivity contribution in [2.24, 2.45) is 0 Å². The lowest BCUT2D eigenvalue weighted by molar-refractivity contribution is -0.126. The van der Waals surface area contributed by atoms with E-state index in [4.69, 9.17) is 23.2 Å². The number of aliphatic hydroxyl groups excluding tert-OH is 1. The van der Waals surface area contributed by atoms with E-state index in [1.165, 1.54) is 42.4 Å². The van der Waals surface area contributed by atoms with Gasteiger partial charge in [0.2, 0.25) is 11.2 Å². The molecular formula is C23H19Cl2F2N5O4. The first-order valence-electron chi connectivity index (χ1n) is 10.6. The minimum absolute atomic E-state index is 0.0158. The van der Waals surface area contributed by atoms with Gasteiger partial charge in [-0.3, -0.25) is 14.6 Å². The highest BCUT2D eigenvalue weighted by molar-refractivity contribution is 6.33. The maximum atomic E-state index is 13.1. The largest absolute Gasteiger partial charge is 0.435 e. The van der Waals surface area contributed by atoms with Crippen LogP contribution in [0.1, 0.15) is 34.6 Å². The van der Waals surface area contributed by atoms with E-state index in [1.54, 1.807) is 12.1 Å². The number of hydrogen-bond donors (Lipinski definition) is 2. The fraction of sp³-hybridized carbons (Fsp3) is 0.261. The second-order valence-corrected chi connectivity index (χ2v) is 8.60. The monoisotopic (exact) mass is 537 g/mol. The molecule has 0 spiro atoms. The SMILES string of the molecule is CC(C(=O)N[C@H](CO)c1cccc(OC(F)F)c1)N1Cc2ncc(-c3nc(Cl)ncc3Cl)cc2C1=O. The summed E-state index contributed by atoms with van der Waals surface area (Å²) >= 11 is 12.0. The molecule has 1 aliphatic rings. The van der Waals surface area contributed by atoms with Crippen LogP contribution >= 0.6 is 23.2 Å². The summed E-state index contributed by atoms with van der Waals surface area (Å²) in [5.74, 6) is -1.09. The van der Waals surface area contributed by atoms with E-state index in [2.05, 4.69) is 25.0 Å². The van der Waals surface area contributed by atoms with Gasteiger partial charge in [-0.25, -0.2) is 9.97 Å². The Balaban J connectivity index is 1.50. The van der Waals surface area contributed by atoms with Crippen molar-refractivity contribution in [3.63, 3.8) is 0 Å². The van der Waals surface area contributed by atoms with Crippen molar-refractivity contribution < 1.29 is 28.2 Å². The van der Waals surface area contributed by atoms with Gasteiger partial charge in [-0.05, 0) is 42.3 Å². The Hall–Kier alpha value is -3.41. The first-order chi connectivity index (χ1) is 17.2. The fourth-order valence-corrected chi connectivity index (χ4v) is 4.09. The summed E-state index contributed by atoms with van der Waals surface area (Å²) in [6.07, 6.45) is 2.84. The molecule has 0 fully saturated rings. The predicted molar refractivity (Wildman–Crippen MR) is 126 cm³/mol. The number of rotatable bonds is 8. The van der Waals surface area contributed by atoms with Crippen LogP contribution in [0.25, 0.3) is 11.3 Å². The average Bonchev–Trinajstić information content (AvgIpc) is 3.18. The Morgan fingerprint density at radius 3 is 2.75 bits per heavy atom. The highest BCUT2D eigenvalue weighted by Gasteiger charge is 2.36. The fourth-order valence-electron chi connectivity index (χ4n) is 3.76. The van der Waals surface area contributed by atoms with Crippen LogP contribution in [0.5, 0.6) is 5.75 Å². The molecular weight excluding hydrogens is 519 g/mol. The molecule has 2 aromatic heterocycles. The Kier molecular flexibility index (Phi) is 7.62. The number of amides is 2. The van der Waals surface area contributed by atoms with Gasteiger partial charge in [0, 0.05) is 11.8 Å². The van der Waals surface area contributed by atoms with Crippen LogP contribution in [-0.2, 0) is 11.3 Å². The molecule has 13 heteroatoms. The molecule has 1 aliphatic heterocycles. The molecule has 0 saturated carbocycles. The number of halogens is 4. The minimum atomic E-state index is -3.01. The number of alkyl halides is 2. The molecule has 0 bridgehead atoms. The van der Waals surface area contributed by atoms with E-state index < -0.39 is 37.1 Å². The molecule has 2 N–H and O–H groups in total. The quantitative estimate of drug-likeness (QED) is 0.421. The molecule has 3 heterocycles. The molecule has 9 nitrogen and oxygen atoms in total. The Bertz CT molecular complexity index is 1310.